The molecule has 1 aromatic carbocycles. The van der Waals surface area contributed by atoms with Crippen molar-refractivity contribution < 1.29 is 14.3 Å². The molecule has 1 aromatic heterocycles. The van der Waals surface area contributed by atoms with Crippen molar-refractivity contribution in [1.29, 1.82) is 0 Å². The Bertz CT molecular complexity index is 879. The molecule has 0 saturated heterocycles. The third kappa shape index (κ3) is 5.56. The molecule has 0 aliphatic carbocycles. The lowest BCUT2D eigenvalue weighted by Gasteiger charge is -2.16. The van der Waals surface area contributed by atoms with E-state index in [1.165, 1.54) is 23.4 Å². The van der Waals surface area contributed by atoms with Crippen molar-refractivity contribution >= 4 is 34.5 Å². The Kier molecular flexibility index (Phi) is 7.41. The molecule has 0 fully saturated rings. The average molecular weight is 391 g/mol. The van der Waals surface area contributed by atoms with Gasteiger partial charge in [0.25, 0.3) is 5.56 Å². The molecular formula is C19H25N3O4S. The smallest absolute Gasteiger partial charge is 0.307 e. The Morgan fingerprint density at radius 1 is 1.26 bits per heavy atom. The molecule has 1 unspecified atom stereocenters. The molecule has 0 aliphatic rings. The molecule has 0 radical (unpaired) electrons. The van der Waals surface area contributed by atoms with Crippen LogP contribution in [0.4, 0.5) is 0 Å². The van der Waals surface area contributed by atoms with Gasteiger partial charge in [0.2, 0.25) is 5.91 Å². The highest BCUT2D eigenvalue weighted by atomic mass is 32.2. The third-order valence-corrected chi connectivity index (χ3v) is 5.02. The van der Waals surface area contributed by atoms with Gasteiger partial charge in [-0.25, -0.2) is 4.98 Å². The van der Waals surface area contributed by atoms with Crippen LogP contribution in [0.5, 0.6) is 0 Å². The van der Waals surface area contributed by atoms with Crippen LogP contribution < -0.4 is 10.9 Å². The van der Waals surface area contributed by atoms with Crippen molar-refractivity contribution in [3.05, 3.63) is 34.6 Å². The quantitative estimate of drug-likeness (QED) is 0.422. The second-order valence-electron chi connectivity index (χ2n) is 6.59. The maximum absolute atomic E-state index is 12.9. The van der Waals surface area contributed by atoms with Gasteiger partial charge in [-0.3, -0.25) is 19.0 Å². The SMILES string of the molecule is COC(=O)CCn1c(SC(C)C(=O)NCC(C)C)nc2ccccc2c1=O. The van der Waals surface area contributed by atoms with Crippen LogP contribution in [-0.2, 0) is 20.9 Å². The summed E-state index contributed by atoms with van der Waals surface area (Å²) < 4.78 is 6.11. The largest absolute Gasteiger partial charge is 0.469 e. The molecular weight excluding hydrogens is 366 g/mol. The van der Waals surface area contributed by atoms with Crippen molar-refractivity contribution in [3.63, 3.8) is 0 Å². The molecule has 8 heteroatoms. The van der Waals surface area contributed by atoms with Crippen LogP contribution in [0, 0.1) is 5.92 Å². The summed E-state index contributed by atoms with van der Waals surface area (Å²) in [6, 6.07) is 7.03. The van der Waals surface area contributed by atoms with E-state index in [9.17, 15) is 14.4 Å². The van der Waals surface area contributed by atoms with Crippen LogP contribution >= 0.6 is 11.8 Å². The van der Waals surface area contributed by atoms with E-state index in [1.54, 1.807) is 31.2 Å². The van der Waals surface area contributed by atoms with Crippen molar-refractivity contribution in [2.45, 2.75) is 44.1 Å². The summed E-state index contributed by atoms with van der Waals surface area (Å²) in [4.78, 5) is 41.2. The molecule has 7 nitrogen and oxygen atoms in total. The van der Waals surface area contributed by atoms with E-state index in [2.05, 4.69) is 15.0 Å². The number of ether oxygens (including phenoxy) is 1. The van der Waals surface area contributed by atoms with Crippen molar-refractivity contribution in [2.24, 2.45) is 5.92 Å². The minimum atomic E-state index is -0.429. The number of fused-ring (bicyclic) bond motifs is 1. The molecule has 0 spiro atoms. The van der Waals surface area contributed by atoms with Crippen LogP contribution in [0.15, 0.2) is 34.2 Å². The molecule has 2 rings (SSSR count). The first-order valence-corrected chi connectivity index (χ1v) is 9.72. The van der Waals surface area contributed by atoms with Gasteiger partial charge in [0.05, 0.1) is 29.7 Å². The number of thioether (sulfide) groups is 1. The van der Waals surface area contributed by atoms with Crippen LogP contribution in [0.2, 0.25) is 0 Å². The fraction of sp³-hybridized carbons (Fsp3) is 0.474. The van der Waals surface area contributed by atoms with E-state index in [0.717, 1.165) is 0 Å². The molecule has 0 saturated carbocycles. The summed E-state index contributed by atoms with van der Waals surface area (Å²) in [7, 11) is 1.31. The number of nitrogens with zero attached hydrogens (tertiary/aromatic N) is 2. The summed E-state index contributed by atoms with van der Waals surface area (Å²) in [5.41, 5.74) is 0.330. The minimum Gasteiger partial charge on any atom is -0.469 e. The van der Waals surface area contributed by atoms with E-state index < -0.39 is 11.2 Å². The van der Waals surface area contributed by atoms with Crippen LogP contribution in [0.3, 0.4) is 0 Å². The number of para-hydroxylation sites is 1. The van der Waals surface area contributed by atoms with Crippen molar-refractivity contribution in [3.8, 4) is 0 Å². The van der Waals surface area contributed by atoms with Gasteiger partial charge >= 0.3 is 5.97 Å². The molecule has 1 N–H and O–H groups in total. The summed E-state index contributed by atoms with van der Waals surface area (Å²) >= 11 is 1.21. The molecule has 1 atom stereocenters. The molecule has 27 heavy (non-hydrogen) atoms. The number of hydrogen-bond acceptors (Lipinski definition) is 6. The highest BCUT2D eigenvalue weighted by Crippen LogP contribution is 2.23. The van der Waals surface area contributed by atoms with E-state index in [0.29, 0.717) is 28.5 Å². The summed E-state index contributed by atoms with van der Waals surface area (Å²) in [6.07, 6.45) is 0.0535. The number of hydrogen-bond donors (Lipinski definition) is 1. The zero-order valence-corrected chi connectivity index (χ0v) is 16.8. The lowest BCUT2D eigenvalue weighted by molar-refractivity contribution is -0.140. The van der Waals surface area contributed by atoms with Gasteiger partial charge in [-0.05, 0) is 25.0 Å². The standard InChI is InChI=1S/C19H25N3O4S/c1-12(2)11-20-17(24)13(3)27-19-21-15-8-6-5-7-14(15)18(25)22(19)10-9-16(23)26-4/h5-8,12-13H,9-11H2,1-4H3,(H,20,24). The predicted molar refractivity (Wildman–Crippen MR) is 106 cm³/mol. The van der Waals surface area contributed by atoms with Crippen molar-refractivity contribution in [2.75, 3.05) is 13.7 Å². The van der Waals surface area contributed by atoms with Crippen LogP contribution in [0.25, 0.3) is 10.9 Å². The number of methoxy groups -OCH3 is 1. The Morgan fingerprint density at radius 3 is 2.63 bits per heavy atom. The van der Waals surface area contributed by atoms with E-state index in [1.807, 2.05) is 13.8 Å². The maximum atomic E-state index is 12.9. The molecule has 146 valence electrons. The molecule has 2 aromatic rings. The Labute approximate surface area is 162 Å². The van der Waals surface area contributed by atoms with Gasteiger partial charge in [0, 0.05) is 13.1 Å². The van der Waals surface area contributed by atoms with Gasteiger partial charge in [-0.15, -0.1) is 0 Å². The fourth-order valence-corrected chi connectivity index (χ4v) is 3.36. The lowest BCUT2D eigenvalue weighted by atomic mass is 10.2. The van der Waals surface area contributed by atoms with Crippen molar-refractivity contribution in [1.82, 2.24) is 14.9 Å². The van der Waals surface area contributed by atoms with Gasteiger partial charge in [0.1, 0.15) is 0 Å². The molecule has 0 aliphatic heterocycles. The lowest BCUT2D eigenvalue weighted by Crippen LogP contribution is -2.34. The van der Waals surface area contributed by atoms with Gasteiger partial charge in [-0.2, -0.15) is 0 Å². The first kappa shape index (κ1) is 21.0. The first-order chi connectivity index (χ1) is 12.8. The number of aromatic nitrogens is 2. The zero-order chi connectivity index (χ0) is 20.0. The number of benzene rings is 1. The average Bonchev–Trinajstić information content (AvgIpc) is 2.65. The maximum Gasteiger partial charge on any atom is 0.307 e. The Balaban J connectivity index is 2.33. The monoisotopic (exact) mass is 391 g/mol. The number of esters is 1. The summed E-state index contributed by atoms with van der Waals surface area (Å²) in [5.74, 6) is -0.174. The molecule has 1 amide bonds. The fourth-order valence-electron chi connectivity index (χ4n) is 2.40. The highest BCUT2D eigenvalue weighted by Gasteiger charge is 2.20. The summed E-state index contributed by atoms with van der Waals surface area (Å²) in [5, 5.41) is 3.34. The minimum absolute atomic E-state index is 0.0535. The Hall–Kier alpha value is -2.35. The molecule has 0 bridgehead atoms. The first-order valence-electron chi connectivity index (χ1n) is 8.84. The third-order valence-electron chi connectivity index (χ3n) is 3.93. The second-order valence-corrected chi connectivity index (χ2v) is 7.90. The van der Waals surface area contributed by atoms with E-state index >= 15 is 0 Å². The van der Waals surface area contributed by atoms with Crippen LogP contribution in [-0.4, -0.2) is 40.3 Å². The normalized spacial score (nSPS) is 12.2. The number of carbonyl (C=O) groups is 2. The number of carbonyl (C=O) groups excluding carboxylic acids is 2. The second kappa shape index (κ2) is 9.55. The number of amides is 1. The topological polar surface area (TPSA) is 90.3 Å². The highest BCUT2D eigenvalue weighted by molar-refractivity contribution is 8.00. The Morgan fingerprint density at radius 2 is 1.96 bits per heavy atom. The predicted octanol–water partition coefficient (Wildman–Crippen LogP) is 2.21. The number of rotatable bonds is 8. The van der Waals surface area contributed by atoms with Gasteiger partial charge in [-0.1, -0.05) is 37.7 Å². The van der Waals surface area contributed by atoms with E-state index in [4.69, 9.17) is 0 Å². The molecule has 1 heterocycles. The zero-order valence-electron chi connectivity index (χ0n) is 16.0. The van der Waals surface area contributed by atoms with Crippen LogP contribution in [0.1, 0.15) is 27.2 Å². The number of nitrogens with one attached hydrogen (secondary N) is 1. The summed E-state index contributed by atoms with van der Waals surface area (Å²) in [6.45, 7) is 6.54. The van der Waals surface area contributed by atoms with Gasteiger partial charge < -0.3 is 10.1 Å². The van der Waals surface area contributed by atoms with E-state index in [-0.39, 0.29) is 24.4 Å². The van der Waals surface area contributed by atoms with Gasteiger partial charge in [0.15, 0.2) is 5.16 Å².